The number of esters is 1. The van der Waals surface area contributed by atoms with Crippen LogP contribution in [0.25, 0.3) is 0 Å². The van der Waals surface area contributed by atoms with Gasteiger partial charge in [0, 0.05) is 19.6 Å². The van der Waals surface area contributed by atoms with Crippen LogP contribution < -0.4 is 0 Å². The average Bonchev–Trinajstić information content (AvgIpc) is 2.56. The van der Waals surface area contributed by atoms with Gasteiger partial charge in [0.2, 0.25) is 0 Å². The van der Waals surface area contributed by atoms with Gasteiger partial charge in [-0.3, -0.25) is 4.79 Å². The second-order valence-corrected chi connectivity index (χ2v) is 6.37. The highest BCUT2D eigenvalue weighted by atomic mass is 16.5. The molecule has 4 heteroatoms. The van der Waals surface area contributed by atoms with Gasteiger partial charge in [-0.25, -0.2) is 0 Å². The van der Waals surface area contributed by atoms with Crippen LogP contribution in [0.2, 0.25) is 0 Å². The fourth-order valence-electron chi connectivity index (χ4n) is 2.62. The van der Waals surface area contributed by atoms with Crippen LogP contribution in [-0.2, 0) is 9.53 Å². The summed E-state index contributed by atoms with van der Waals surface area (Å²) >= 11 is 0. The van der Waals surface area contributed by atoms with Crippen LogP contribution in [-0.4, -0.2) is 36.0 Å². The van der Waals surface area contributed by atoms with E-state index in [1.165, 1.54) is 38.5 Å². The lowest BCUT2D eigenvalue weighted by Crippen LogP contribution is -2.05. The quantitative estimate of drug-likeness (QED) is 0.289. The third-order valence-corrected chi connectivity index (χ3v) is 4.10. The monoisotopic (exact) mass is 330 g/mol. The first-order valence-electron chi connectivity index (χ1n) is 9.68. The molecule has 0 saturated heterocycles. The Morgan fingerprint density at radius 1 is 0.565 bits per heavy atom. The van der Waals surface area contributed by atoms with Crippen LogP contribution in [0.4, 0.5) is 0 Å². The zero-order valence-corrected chi connectivity index (χ0v) is 14.9. The lowest BCUT2D eigenvalue weighted by atomic mass is 10.1. The molecule has 4 nitrogen and oxygen atoms in total. The molecule has 0 aliphatic rings. The fourth-order valence-corrected chi connectivity index (χ4v) is 2.62. The minimum atomic E-state index is -0.0479. The summed E-state index contributed by atoms with van der Waals surface area (Å²) < 4.78 is 5.25. The molecule has 2 N–H and O–H groups in total. The van der Waals surface area contributed by atoms with Gasteiger partial charge in [-0.05, 0) is 25.7 Å². The summed E-state index contributed by atoms with van der Waals surface area (Å²) in [6, 6.07) is 0. The molecule has 0 aromatic rings. The van der Waals surface area contributed by atoms with Gasteiger partial charge in [0.15, 0.2) is 0 Å². The molecule has 0 bridgehead atoms. The summed E-state index contributed by atoms with van der Waals surface area (Å²) in [5.74, 6) is -0.0479. The van der Waals surface area contributed by atoms with E-state index in [9.17, 15) is 4.79 Å². The average molecular weight is 331 g/mol. The van der Waals surface area contributed by atoms with Crippen molar-refractivity contribution < 1.29 is 19.7 Å². The molecule has 0 amide bonds. The number of ether oxygens (including phenoxy) is 1. The van der Waals surface area contributed by atoms with E-state index < -0.39 is 0 Å². The van der Waals surface area contributed by atoms with E-state index in [1.807, 2.05) is 0 Å². The molecule has 0 radical (unpaired) electrons. The molecule has 0 fully saturated rings. The second-order valence-electron chi connectivity index (χ2n) is 6.37. The van der Waals surface area contributed by atoms with Gasteiger partial charge in [0.1, 0.15) is 0 Å². The van der Waals surface area contributed by atoms with Gasteiger partial charge < -0.3 is 14.9 Å². The predicted molar refractivity (Wildman–Crippen MR) is 94.4 cm³/mol. The molecular weight excluding hydrogens is 292 g/mol. The van der Waals surface area contributed by atoms with Crippen molar-refractivity contribution in [3.05, 3.63) is 0 Å². The van der Waals surface area contributed by atoms with Gasteiger partial charge in [-0.1, -0.05) is 64.2 Å². The third-order valence-electron chi connectivity index (χ3n) is 4.10. The molecule has 138 valence electrons. The maximum atomic E-state index is 11.6. The Balaban J connectivity index is 3.13. The van der Waals surface area contributed by atoms with Crippen molar-refractivity contribution in [1.29, 1.82) is 0 Å². The molecule has 0 saturated carbocycles. The van der Waals surface area contributed by atoms with Crippen LogP contribution in [0.1, 0.15) is 96.3 Å². The van der Waals surface area contributed by atoms with Crippen LogP contribution in [0, 0.1) is 0 Å². The minimum absolute atomic E-state index is 0.0479. The molecule has 0 atom stereocenters. The Labute approximate surface area is 142 Å². The summed E-state index contributed by atoms with van der Waals surface area (Å²) in [5.41, 5.74) is 0. The van der Waals surface area contributed by atoms with Gasteiger partial charge in [0.25, 0.3) is 0 Å². The Morgan fingerprint density at radius 2 is 0.957 bits per heavy atom. The summed E-state index contributed by atoms with van der Waals surface area (Å²) in [5, 5.41) is 17.3. The third kappa shape index (κ3) is 19.3. The molecule has 0 heterocycles. The van der Waals surface area contributed by atoms with Crippen LogP contribution in [0.5, 0.6) is 0 Å². The van der Waals surface area contributed by atoms with E-state index in [0.29, 0.717) is 26.2 Å². The molecule has 0 unspecified atom stereocenters. The zero-order chi connectivity index (χ0) is 17.0. The van der Waals surface area contributed by atoms with Crippen molar-refractivity contribution in [3.63, 3.8) is 0 Å². The second kappa shape index (κ2) is 19.4. The lowest BCUT2D eigenvalue weighted by molar-refractivity contribution is -0.143. The van der Waals surface area contributed by atoms with Gasteiger partial charge >= 0.3 is 5.97 Å². The van der Waals surface area contributed by atoms with E-state index in [1.54, 1.807) is 0 Å². The summed E-state index contributed by atoms with van der Waals surface area (Å²) in [6.07, 6.45) is 15.9. The molecule has 0 spiro atoms. The number of hydrogen-bond donors (Lipinski definition) is 2. The van der Waals surface area contributed by atoms with Crippen molar-refractivity contribution in [2.75, 3.05) is 19.8 Å². The molecular formula is C19H38O4. The number of hydrogen-bond acceptors (Lipinski definition) is 4. The molecule has 23 heavy (non-hydrogen) atoms. The summed E-state index contributed by atoms with van der Waals surface area (Å²) in [4.78, 5) is 11.6. The van der Waals surface area contributed by atoms with Crippen LogP contribution in [0.15, 0.2) is 0 Å². The van der Waals surface area contributed by atoms with E-state index in [2.05, 4.69) is 0 Å². The molecule has 0 rings (SSSR count). The highest BCUT2D eigenvalue weighted by molar-refractivity contribution is 5.69. The minimum Gasteiger partial charge on any atom is -0.466 e. The highest BCUT2D eigenvalue weighted by Gasteiger charge is 2.02. The highest BCUT2D eigenvalue weighted by Crippen LogP contribution is 2.10. The molecule has 0 aromatic carbocycles. The van der Waals surface area contributed by atoms with Crippen LogP contribution >= 0.6 is 0 Å². The first-order chi connectivity index (χ1) is 11.3. The van der Waals surface area contributed by atoms with E-state index in [4.69, 9.17) is 14.9 Å². The SMILES string of the molecule is O=C(CCCCCCCCCO)OCCCCCCCCCO. The molecule has 0 aliphatic heterocycles. The fraction of sp³-hybridized carbons (Fsp3) is 0.947. The maximum absolute atomic E-state index is 11.6. The lowest BCUT2D eigenvalue weighted by Gasteiger charge is -2.05. The standard InChI is InChI=1S/C19H38O4/c20-16-12-8-4-1-3-7-11-15-19(22)23-18-14-10-6-2-5-9-13-17-21/h20-21H,1-18H2. The van der Waals surface area contributed by atoms with E-state index >= 15 is 0 Å². The van der Waals surface area contributed by atoms with Gasteiger partial charge in [-0.15, -0.1) is 0 Å². The van der Waals surface area contributed by atoms with E-state index in [0.717, 1.165) is 51.4 Å². The normalized spacial score (nSPS) is 10.9. The largest absolute Gasteiger partial charge is 0.466 e. The first-order valence-corrected chi connectivity index (χ1v) is 9.68. The topological polar surface area (TPSA) is 66.8 Å². The Bertz CT molecular complexity index is 244. The maximum Gasteiger partial charge on any atom is 0.305 e. The van der Waals surface area contributed by atoms with Crippen molar-refractivity contribution in [3.8, 4) is 0 Å². The van der Waals surface area contributed by atoms with Crippen LogP contribution in [0.3, 0.4) is 0 Å². The number of carbonyl (C=O) groups excluding carboxylic acids is 1. The smallest absolute Gasteiger partial charge is 0.305 e. The first kappa shape index (κ1) is 22.4. The molecule has 0 aromatic heterocycles. The van der Waals surface area contributed by atoms with Gasteiger partial charge in [0.05, 0.1) is 6.61 Å². The Kier molecular flexibility index (Phi) is 18.9. The van der Waals surface area contributed by atoms with Crippen molar-refractivity contribution >= 4 is 5.97 Å². The Hall–Kier alpha value is -0.610. The van der Waals surface area contributed by atoms with Crippen molar-refractivity contribution in [2.45, 2.75) is 96.3 Å². The Morgan fingerprint density at radius 3 is 1.43 bits per heavy atom. The number of aliphatic hydroxyl groups is 2. The number of rotatable bonds is 18. The number of unbranched alkanes of at least 4 members (excludes halogenated alkanes) is 12. The number of carbonyl (C=O) groups is 1. The molecule has 0 aliphatic carbocycles. The summed E-state index contributed by atoms with van der Waals surface area (Å²) in [7, 11) is 0. The van der Waals surface area contributed by atoms with Crippen molar-refractivity contribution in [1.82, 2.24) is 0 Å². The number of aliphatic hydroxyl groups excluding tert-OH is 2. The van der Waals surface area contributed by atoms with E-state index in [-0.39, 0.29) is 5.97 Å². The predicted octanol–water partition coefficient (Wildman–Crippen LogP) is 4.37. The van der Waals surface area contributed by atoms with Gasteiger partial charge in [-0.2, -0.15) is 0 Å². The van der Waals surface area contributed by atoms with Crippen molar-refractivity contribution in [2.24, 2.45) is 0 Å². The summed E-state index contributed by atoms with van der Waals surface area (Å²) in [6.45, 7) is 1.17. The zero-order valence-electron chi connectivity index (χ0n) is 14.9.